The fourth-order valence-electron chi connectivity index (χ4n) is 0.849. The minimum Gasteiger partial charge on any atom is -0.364 e. The van der Waals surface area contributed by atoms with Gasteiger partial charge < -0.3 is 4.74 Å². The Balaban J connectivity index is 2.34. The normalized spacial score (nSPS) is 30.6. The van der Waals surface area contributed by atoms with Crippen molar-refractivity contribution < 1.29 is 4.74 Å². The lowest BCUT2D eigenvalue weighted by atomic mass is 10.2. The van der Waals surface area contributed by atoms with Gasteiger partial charge in [-0.15, -0.1) is 11.3 Å². The molecule has 2 heterocycles. The molecule has 1 saturated heterocycles. The molecule has 0 aromatic carbocycles. The fourth-order valence-corrected chi connectivity index (χ4v) is 1.98. The van der Waals surface area contributed by atoms with Crippen molar-refractivity contribution in [2.75, 3.05) is 6.61 Å². The Kier molecular flexibility index (Phi) is 1.31. The van der Waals surface area contributed by atoms with Gasteiger partial charge in [0.2, 0.25) is 0 Å². The smallest absolute Gasteiger partial charge is 0.123 e. The molecule has 1 nitrogen and oxygen atoms in total. The van der Waals surface area contributed by atoms with Crippen molar-refractivity contribution in [2.24, 2.45) is 0 Å². The molecule has 3 heteroatoms. The van der Waals surface area contributed by atoms with Crippen LogP contribution in [0.2, 0.25) is 4.34 Å². The van der Waals surface area contributed by atoms with E-state index in [1.807, 2.05) is 12.1 Å². The van der Waals surface area contributed by atoms with E-state index >= 15 is 0 Å². The van der Waals surface area contributed by atoms with Gasteiger partial charge in [-0.3, -0.25) is 0 Å². The van der Waals surface area contributed by atoms with Gasteiger partial charge in [0.1, 0.15) is 5.60 Å². The van der Waals surface area contributed by atoms with Crippen LogP contribution in [-0.4, -0.2) is 6.61 Å². The molecule has 0 spiro atoms. The average molecular weight is 175 g/mol. The summed E-state index contributed by atoms with van der Waals surface area (Å²) in [5.74, 6) is 0. The number of epoxide rings is 1. The summed E-state index contributed by atoms with van der Waals surface area (Å²) in [6, 6.07) is 3.94. The Morgan fingerprint density at radius 3 is 2.80 bits per heavy atom. The third-order valence-corrected chi connectivity index (χ3v) is 3.15. The predicted molar refractivity (Wildman–Crippen MR) is 42.6 cm³/mol. The minimum atomic E-state index is -0.00218. The molecular formula is C7H7ClOS. The van der Waals surface area contributed by atoms with Crippen molar-refractivity contribution in [3.8, 4) is 0 Å². The summed E-state index contributed by atoms with van der Waals surface area (Å²) >= 11 is 7.35. The highest BCUT2D eigenvalue weighted by Gasteiger charge is 2.42. The molecular weight excluding hydrogens is 168 g/mol. The Hall–Kier alpha value is -0.0500. The van der Waals surface area contributed by atoms with Crippen LogP contribution in [0.3, 0.4) is 0 Å². The molecule has 1 unspecified atom stereocenters. The van der Waals surface area contributed by atoms with E-state index in [2.05, 4.69) is 6.92 Å². The Labute approximate surface area is 68.6 Å². The quantitative estimate of drug-likeness (QED) is 0.597. The van der Waals surface area contributed by atoms with Crippen LogP contribution in [0.4, 0.5) is 0 Å². The van der Waals surface area contributed by atoms with Crippen molar-refractivity contribution in [2.45, 2.75) is 12.5 Å². The molecule has 1 aliphatic rings. The molecule has 0 bridgehead atoms. The summed E-state index contributed by atoms with van der Waals surface area (Å²) in [6.07, 6.45) is 0. The molecule has 0 aliphatic carbocycles. The van der Waals surface area contributed by atoms with Gasteiger partial charge in [0.25, 0.3) is 0 Å². The van der Waals surface area contributed by atoms with E-state index in [4.69, 9.17) is 16.3 Å². The van der Waals surface area contributed by atoms with Gasteiger partial charge in [-0.2, -0.15) is 0 Å². The van der Waals surface area contributed by atoms with Crippen LogP contribution in [0.15, 0.2) is 12.1 Å². The highest BCUT2D eigenvalue weighted by atomic mass is 35.5. The number of hydrogen-bond acceptors (Lipinski definition) is 2. The van der Waals surface area contributed by atoms with Gasteiger partial charge in [0, 0.05) is 4.88 Å². The summed E-state index contributed by atoms with van der Waals surface area (Å²) in [5.41, 5.74) is -0.00218. The monoisotopic (exact) mass is 174 g/mol. The number of ether oxygens (including phenoxy) is 1. The SMILES string of the molecule is CC1(c2ccc(Cl)s2)CO1. The second kappa shape index (κ2) is 1.97. The highest BCUT2D eigenvalue weighted by Crippen LogP contribution is 2.42. The van der Waals surface area contributed by atoms with Gasteiger partial charge in [-0.25, -0.2) is 0 Å². The zero-order valence-corrected chi connectivity index (χ0v) is 7.13. The van der Waals surface area contributed by atoms with Crippen LogP contribution in [0, 0.1) is 0 Å². The molecule has 1 fully saturated rings. The molecule has 0 saturated carbocycles. The second-order valence-electron chi connectivity index (χ2n) is 2.62. The van der Waals surface area contributed by atoms with E-state index in [0.717, 1.165) is 10.9 Å². The first-order valence-electron chi connectivity index (χ1n) is 3.10. The van der Waals surface area contributed by atoms with Crippen molar-refractivity contribution in [3.63, 3.8) is 0 Å². The van der Waals surface area contributed by atoms with E-state index in [-0.39, 0.29) is 5.60 Å². The molecule has 1 aromatic rings. The number of hydrogen-bond donors (Lipinski definition) is 0. The average Bonchev–Trinajstić information content (AvgIpc) is 2.45. The summed E-state index contributed by atoms with van der Waals surface area (Å²) < 4.78 is 6.09. The molecule has 0 N–H and O–H groups in total. The van der Waals surface area contributed by atoms with E-state index in [0.29, 0.717) is 0 Å². The lowest BCUT2D eigenvalue weighted by molar-refractivity contribution is 0.333. The van der Waals surface area contributed by atoms with Crippen molar-refractivity contribution in [3.05, 3.63) is 21.3 Å². The summed E-state index contributed by atoms with van der Waals surface area (Å²) in [7, 11) is 0. The third-order valence-electron chi connectivity index (χ3n) is 1.67. The van der Waals surface area contributed by atoms with E-state index in [1.165, 1.54) is 4.88 Å². The number of rotatable bonds is 1. The fraction of sp³-hybridized carbons (Fsp3) is 0.429. The second-order valence-corrected chi connectivity index (χ2v) is 4.34. The largest absolute Gasteiger partial charge is 0.364 e. The molecule has 1 aromatic heterocycles. The summed E-state index contributed by atoms with van der Waals surface area (Å²) in [5, 5.41) is 0. The molecule has 2 rings (SSSR count). The molecule has 1 atom stereocenters. The molecule has 10 heavy (non-hydrogen) atoms. The van der Waals surface area contributed by atoms with Gasteiger partial charge in [-0.1, -0.05) is 11.6 Å². The van der Waals surface area contributed by atoms with Crippen LogP contribution >= 0.6 is 22.9 Å². The summed E-state index contributed by atoms with van der Waals surface area (Å²) in [4.78, 5) is 1.23. The van der Waals surface area contributed by atoms with Crippen molar-refractivity contribution in [1.29, 1.82) is 0 Å². The van der Waals surface area contributed by atoms with Crippen LogP contribution in [0.5, 0.6) is 0 Å². The first kappa shape index (κ1) is 6.65. The van der Waals surface area contributed by atoms with Gasteiger partial charge in [-0.05, 0) is 19.1 Å². The lowest BCUT2D eigenvalue weighted by Gasteiger charge is -1.97. The maximum absolute atomic E-state index is 5.76. The van der Waals surface area contributed by atoms with Crippen LogP contribution in [0.1, 0.15) is 11.8 Å². The molecule has 54 valence electrons. The zero-order chi connectivity index (χ0) is 7.19. The maximum Gasteiger partial charge on any atom is 0.123 e. The lowest BCUT2D eigenvalue weighted by Crippen LogP contribution is -1.96. The van der Waals surface area contributed by atoms with Crippen LogP contribution in [-0.2, 0) is 10.3 Å². The Bertz CT molecular complexity index is 252. The number of thiophene rings is 1. The van der Waals surface area contributed by atoms with E-state index < -0.39 is 0 Å². The van der Waals surface area contributed by atoms with Gasteiger partial charge >= 0.3 is 0 Å². The topological polar surface area (TPSA) is 12.5 Å². The van der Waals surface area contributed by atoms with Crippen molar-refractivity contribution >= 4 is 22.9 Å². The van der Waals surface area contributed by atoms with E-state index in [9.17, 15) is 0 Å². The van der Waals surface area contributed by atoms with Crippen molar-refractivity contribution in [1.82, 2.24) is 0 Å². The predicted octanol–water partition coefficient (Wildman–Crippen LogP) is 2.65. The first-order valence-corrected chi connectivity index (χ1v) is 4.30. The maximum atomic E-state index is 5.76. The first-order chi connectivity index (χ1) is 4.71. The molecule has 1 aliphatic heterocycles. The van der Waals surface area contributed by atoms with Crippen LogP contribution < -0.4 is 0 Å². The Morgan fingerprint density at radius 1 is 1.70 bits per heavy atom. The Morgan fingerprint density at radius 2 is 2.40 bits per heavy atom. The van der Waals surface area contributed by atoms with Gasteiger partial charge in [0.15, 0.2) is 0 Å². The van der Waals surface area contributed by atoms with Crippen LogP contribution in [0.25, 0.3) is 0 Å². The molecule has 0 radical (unpaired) electrons. The summed E-state index contributed by atoms with van der Waals surface area (Å²) in [6.45, 7) is 2.92. The highest BCUT2D eigenvalue weighted by molar-refractivity contribution is 7.16. The standard InChI is InChI=1S/C7H7ClOS/c1-7(4-9-7)5-2-3-6(8)10-5/h2-3H,4H2,1H3. The van der Waals surface area contributed by atoms with E-state index in [1.54, 1.807) is 11.3 Å². The molecule has 0 amide bonds. The number of halogens is 1. The minimum absolute atomic E-state index is 0.00218. The zero-order valence-electron chi connectivity index (χ0n) is 5.56. The van der Waals surface area contributed by atoms with Gasteiger partial charge in [0.05, 0.1) is 10.9 Å². The third kappa shape index (κ3) is 0.965.